The van der Waals surface area contributed by atoms with Gasteiger partial charge in [0.05, 0.1) is 11.3 Å². The largest absolute Gasteiger partial charge is 0.457 e. The van der Waals surface area contributed by atoms with Crippen molar-refractivity contribution in [2.45, 2.75) is 52.6 Å². The predicted molar refractivity (Wildman–Crippen MR) is 66.8 cm³/mol. The maximum Gasteiger partial charge on any atom is 0.309 e. The minimum absolute atomic E-state index is 0.0705. The van der Waals surface area contributed by atoms with Crippen LogP contribution in [0, 0.1) is 17.3 Å². The lowest BCUT2D eigenvalue weighted by molar-refractivity contribution is -0.144. The lowest BCUT2D eigenvalue weighted by atomic mass is 9.59. The van der Waals surface area contributed by atoms with Crippen LogP contribution in [0.4, 0.5) is 0 Å². The van der Waals surface area contributed by atoms with Crippen LogP contribution in [-0.4, -0.2) is 17.9 Å². The Balaban J connectivity index is 2.11. The smallest absolute Gasteiger partial charge is 0.309 e. The summed E-state index contributed by atoms with van der Waals surface area (Å²) in [5, 5.41) is 0. The molecule has 0 aromatic rings. The standard InChI is InChI=1S/C15H20O3/c1-8-5-4-6-15(3)11(16)7-10-9(2)14(17)18-13(10)12(8)15/h9-10,13H,4-7H2,1-3H3/t9-,10+,13-,15-/m1/s1. The molecular weight excluding hydrogens is 228 g/mol. The SMILES string of the molecule is CC1=C2[C@@H]3OC(=O)[C@H](C)[C@@H]3CC(=O)[C@@]2(C)CCC1. The Hall–Kier alpha value is -1.12. The number of hydrogen-bond acceptors (Lipinski definition) is 3. The minimum Gasteiger partial charge on any atom is -0.457 e. The van der Waals surface area contributed by atoms with E-state index in [1.54, 1.807) is 0 Å². The maximum atomic E-state index is 12.5. The summed E-state index contributed by atoms with van der Waals surface area (Å²) in [5.41, 5.74) is 2.04. The van der Waals surface area contributed by atoms with Gasteiger partial charge in [-0.3, -0.25) is 9.59 Å². The summed E-state index contributed by atoms with van der Waals surface area (Å²) in [6.07, 6.45) is 3.39. The van der Waals surface area contributed by atoms with Crippen molar-refractivity contribution in [3.8, 4) is 0 Å². The van der Waals surface area contributed by atoms with E-state index in [0.717, 1.165) is 24.8 Å². The van der Waals surface area contributed by atoms with Crippen molar-refractivity contribution in [1.82, 2.24) is 0 Å². The predicted octanol–water partition coefficient (Wildman–Crippen LogP) is 2.64. The molecule has 1 aliphatic heterocycles. The van der Waals surface area contributed by atoms with E-state index >= 15 is 0 Å². The van der Waals surface area contributed by atoms with Gasteiger partial charge in [-0.25, -0.2) is 0 Å². The van der Waals surface area contributed by atoms with Crippen LogP contribution in [0.25, 0.3) is 0 Å². The fourth-order valence-electron chi connectivity index (χ4n) is 4.05. The second-order valence-corrected chi connectivity index (χ2v) is 6.32. The first kappa shape index (κ1) is 11.9. The maximum absolute atomic E-state index is 12.5. The van der Waals surface area contributed by atoms with Crippen LogP contribution in [0.15, 0.2) is 11.1 Å². The monoisotopic (exact) mass is 248 g/mol. The third kappa shape index (κ3) is 1.36. The molecule has 2 aliphatic carbocycles. The molecule has 0 aromatic heterocycles. The van der Waals surface area contributed by atoms with Gasteiger partial charge in [0.2, 0.25) is 0 Å². The summed E-state index contributed by atoms with van der Waals surface area (Å²) in [5.74, 6) is 0.114. The number of carbonyl (C=O) groups is 2. The molecule has 3 nitrogen and oxygen atoms in total. The van der Waals surface area contributed by atoms with Gasteiger partial charge in [-0.2, -0.15) is 0 Å². The molecule has 0 bridgehead atoms. The van der Waals surface area contributed by atoms with Gasteiger partial charge in [0.1, 0.15) is 11.9 Å². The number of fused-ring (bicyclic) bond motifs is 3. The van der Waals surface area contributed by atoms with E-state index in [2.05, 4.69) is 6.92 Å². The fraction of sp³-hybridized carbons (Fsp3) is 0.733. The highest BCUT2D eigenvalue weighted by molar-refractivity contribution is 5.92. The molecule has 98 valence electrons. The van der Waals surface area contributed by atoms with Gasteiger partial charge in [0.25, 0.3) is 0 Å². The molecule has 0 unspecified atom stereocenters. The van der Waals surface area contributed by atoms with E-state index in [9.17, 15) is 9.59 Å². The molecule has 0 aromatic carbocycles. The molecule has 3 aliphatic rings. The van der Waals surface area contributed by atoms with Crippen LogP contribution in [0.2, 0.25) is 0 Å². The molecule has 1 heterocycles. The third-order valence-electron chi connectivity index (χ3n) is 5.25. The van der Waals surface area contributed by atoms with Crippen molar-refractivity contribution >= 4 is 11.8 Å². The van der Waals surface area contributed by atoms with E-state index < -0.39 is 0 Å². The van der Waals surface area contributed by atoms with Gasteiger partial charge in [-0.05, 0) is 38.7 Å². The van der Waals surface area contributed by atoms with Gasteiger partial charge < -0.3 is 4.74 Å². The molecule has 18 heavy (non-hydrogen) atoms. The molecule has 1 saturated carbocycles. The normalized spacial score (nSPS) is 43.6. The Morgan fingerprint density at radius 2 is 2.06 bits per heavy atom. The summed E-state index contributed by atoms with van der Waals surface area (Å²) in [7, 11) is 0. The molecule has 4 atom stereocenters. The molecule has 0 N–H and O–H groups in total. The van der Waals surface area contributed by atoms with Crippen LogP contribution in [-0.2, 0) is 14.3 Å². The zero-order chi connectivity index (χ0) is 13.1. The lowest BCUT2D eigenvalue weighted by Gasteiger charge is -2.44. The number of allylic oxidation sites excluding steroid dienone is 1. The van der Waals surface area contributed by atoms with Crippen molar-refractivity contribution in [2.24, 2.45) is 17.3 Å². The van der Waals surface area contributed by atoms with Crippen molar-refractivity contribution in [1.29, 1.82) is 0 Å². The average Bonchev–Trinajstić information content (AvgIpc) is 2.57. The Labute approximate surface area is 108 Å². The number of ether oxygens (including phenoxy) is 1. The summed E-state index contributed by atoms with van der Waals surface area (Å²) < 4.78 is 5.58. The van der Waals surface area contributed by atoms with Gasteiger partial charge in [-0.1, -0.05) is 12.5 Å². The fourth-order valence-corrected chi connectivity index (χ4v) is 4.05. The van der Waals surface area contributed by atoms with Crippen molar-refractivity contribution in [3.05, 3.63) is 11.1 Å². The molecule has 0 amide bonds. The summed E-state index contributed by atoms with van der Waals surface area (Å²) in [6, 6.07) is 0. The van der Waals surface area contributed by atoms with E-state index in [-0.39, 0.29) is 29.3 Å². The first-order valence-electron chi connectivity index (χ1n) is 6.89. The Morgan fingerprint density at radius 1 is 1.33 bits per heavy atom. The number of carbonyl (C=O) groups excluding carboxylic acids is 2. The van der Waals surface area contributed by atoms with Crippen LogP contribution in [0.1, 0.15) is 46.5 Å². The first-order valence-corrected chi connectivity index (χ1v) is 6.89. The average molecular weight is 248 g/mol. The summed E-state index contributed by atoms with van der Waals surface area (Å²) >= 11 is 0. The molecule has 0 radical (unpaired) electrons. The zero-order valence-corrected chi connectivity index (χ0v) is 11.3. The minimum atomic E-state index is -0.367. The van der Waals surface area contributed by atoms with Crippen LogP contribution in [0.5, 0.6) is 0 Å². The van der Waals surface area contributed by atoms with Gasteiger partial charge in [-0.15, -0.1) is 0 Å². The Kier molecular flexibility index (Phi) is 2.45. The first-order chi connectivity index (χ1) is 8.45. The quantitative estimate of drug-likeness (QED) is 0.489. The molecular formula is C15H20O3. The van der Waals surface area contributed by atoms with E-state index in [1.165, 1.54) is 5.57 Å². The van der Waals surface area contributed by atoms with Gasteiger partial charge in [0, 0.05) is 12.3 Å². The van der Waals surface area contributed by atoms with Crippen molar-refractivity contribution in [3.63, 3.8) is 0 Å². The Morgan fingerprint density at radius 3 is 2.78 bits per heavy atom. The molecule has 1 saturated heterocycles. The van der Waals surface area contributed by atoms with E-state index in [0.29, 0.717) is 12.2 Å². The number of hydrogen-bond donors (Lipinski definition) is 0. The molecule has 0 spiro atoms. The molecule has 2 fully saturated rings. The van der Waals surface area contributed by atoms with Crippen LogP contribution in [0.3, 0.4) is 0 Å². The van der Waals surface area contributed by atoms with Crippen molar-refractivity contribution in [2.75, 3.05) is 0 Å². The Bertz CT molecular complexity index is 462. The molecule has 3 rings (SSSR count). The topological polar surface area (TPSA) is 43.4 Å². The van der Waals surface area contributed by atoms with Gasteiger partial charge >= 0.3 is 5.97 Å². The highest BCUT2D eigenvalue weighted by Gasteiger charge is 2.56. The second-order valence-electron chi connectivity index (χ2n) is 6.32. The lowest BCUT2D eigenvalue weighted by Crippen LogP contribution is -2.46. The number of rotatable bonds is 0. The number of Topliss-reactive ketones (excluding diaryl/α,β-unsaturated/α-hetero) is 1. The summed E-state index contributed by atoms with van der Waals surface area (Å²) in [4.78, 5) is 24.3. The third-order valence-corrected chi connectivity index (χ3v) is 5.25. The zero-order valence-electron chi connectivity index (χ0n) is 11.3. The van der Waals surface area contributed by atoms with Crippen LogP contribution < -0.4 is 0 Å². The van der Waals surface area contributed by atoms with E-state index in [1.807, 2.05) is 13.8 Å². The molecule has 3 heteroatoms. The highest BCUT2D eigenvalue weighted by Crippen LogP contribution is 2.53. The highest BCUT2D eigenvalue weighted by atomic mass is 16.6. The number of ketones is 1. The second kappa shape index (κ2) is 3.69. The number of esters is 1. The van der Waals surface area contributed by atoms with Gasteiger partial charge in [0.15, 0.2) is 0 Å². The van der Waals surface area contributed by atoms with E-state index in [4.69, 9.17) is 4.74 Å². The van der Waals surface area contributed by atoms with Crippen LogP contribution >= 0.6 is 0 Å². The van der Waals surface area contributed by atoms with Crippen molar-refractivity contribution < 1.29 is 14.3 Å². The summed E-state index contributed by atoms with van der Waals surface area (Å²) in [6.45, 7) is 6.03.